The van der Waals surface area contributed by atoms with E-state index in [1.807, 2.05) is 0 Å². The molecule has 2 aromatic rings. The first-order valence-corrected chi connectivity index (χ1v) is 8.88. The predicted octanol–water partition coefficient (Wildman–Crippen LogP) is 3.74. The first-order valence-electron chi connectivity index (χ1n) is 7.66. The summed E-state index contributed by atoms with van der Waals surface area (Å²) in [6, 6.07) is 11.6. The zero-order valence-electron chi connectivity index (χ0n) is 13.9. The molecule has 140 valence electrons. The number of non-ortho nitro benzene ring substituents is 2. The molecule has 0 spiro atoms. The number of benzene rings is 2. The molecule has 1 saturated heterocycles. The number of carbonyl (C=O) groups excluding carboxylic acids is 1. The topological polar surface area (TPSA) is 119 Å². The van der Waals surface area contributed by atoms with Crippen molar-refractivity contribution in [1.29, 1.82) is 0 Å². The van der Waals surface area contributed by atoms with Crippen LogP contribution in [0.2, 0.25) is 0 Å². The molecular formula is C17H10N4O5S2. The van der Waals surface area contributed by atoms with E-state index in [2.05, 4.69) is 5.10 Å². The molecule has 0 unspecified atom stereocenters. The average Bonchev–Trinajstić information content (AvgIpc) is 2.93. The van der Waals surface area contributed by atoms with Gasteiger partial charge < -0.3 is 0 Å². The monoisotopic (exact) mass is 414 g/mol. The van der Waals surface area contributed by atoms with Crippen molar-refractivity contribution >= 4 is 57.9 Å². The van der Waals surface area contributed by atoms with Crippen LogP contribution < -0.4 is 0 Å². The molecule has 28 heavy (non-hydrogen) atoms. The molecule has 1 fully saturated rings. The van der Waals surface area contributed by atoms with Gasteiger partial charge in [0.2, 0.25) is 0 Å². The summed E-state index contributed by atoms with van der Waals surface area (Å²) in [7, 11) is 0. The lowest BCUT2D eigenvalue weighted by atomic mass is 10.2. The van der Waals surface area contributed by atoms with E-state index in [-0.39, 0.29) is 20.6 Å². The number of hydrazone groups is 1. The van der Waals surface area contributed by atoms with Gasteiger partial charge >= 0.3 is 0 Å². The van der Waals surface area contributed by atoms with Crippen molar-refractivity contribution in [2.24, 2.45) is 5.10 Å². The molecule has 3 rings (SSSR count). The molecule has 0 bridgehead atoms. The summed E-state index contributed by atoms with van der Waals surface area (Å²) < 4.78 is 0.184. The Kier molecular flexibility index (Phi) is 5.57. The van der Waals surface area contributed by atoms with E-state index < -0.39 is 15.8 Å². The normalized spacial score (nSPS) is 15.6. The van der Waals surface area contributed by atoms with E-state index in [1.54, 1.807) is 12.1 Å². The molecule has 1 amide bonds. The van der Waals surface area contributed by atoms with Crippen LogP contribution in [0.5, 0.6) is 0 Å². The van der Waals surface area contributed by atoms with E-state index in [1.165, 1.54) is 48.7 Å². The molecule has 2 aromatic carbocycles. The van der Waals surface area contributed by atoms with Crippen LogP contribution in [-0.4, -0.2) is 31.3 Å². The highest BCUT2D eigenvalue weighted by Gasteiger charge is 2.32. The minimum atomic E-state index is -0.529. The van der Waals surface area contributed by atoms with E-state index >= 15 is 0 Å². The third-order valence-electron chi connectivity index (χ3n) is 3.56. The maximum atomic E-state index is 12.5. The fourth-order valence-corrected chi connectivity index (χ4v) is 3.45. The Morgan fingerprint density at radius 2 is 1.57 bits per heavy atom. The van der Waals surface area contributed by atoms with E-state index in [4.69, 9.17) is 12.2 Å². The first-order chi connectivity index (χ1) is 13.3. The predicted molar refractivity (Wildman–Crippen MR) is 109 cm³/mol. The number of nitro groups is 2. The number of hydrogen-bond acceptors (Lipinski definition) is 8. The van der Waals surface area contributed by atoms with Gasteiger partial charge in [-0.2, -0.15) is 10.1 Å². The molecule has 1 heterocycles. The average molecular weight is 414 g/mol. The molecule has 1 aliphatic heterocycles. The molecule has 0 N–H and O–H groups in total. The standard InChI is InChI=1S/C17H10N4O5S2/c22-16-15(9-11-3-1-5-13(7-11)20(23)24)28-17(27)19(16)18-10-12-4-2-6-14(8-12)21(25)26/h1-10H/b15-9-,18-10-. The minimum Gasteiger partial charge on any atom is -0.266 e. The van der Waals surface area contributed by atoms with E-state index in [0.29, 0.717) is 11.1 Å². The largest absolute Gasteiger partial charge is 0.286 e. The quantitative estimate of drug-likeness (QED) is 0.240. The van der Waals surface area contributed by atoms with Crippen LogP contribution in [0.3, 0.4) is 0 Å². The molecular weight excluding hydrogens is 404 g/mol. The molecule has 0 aromatic heterocycles. The van der Waals surface area contributed by atoms with Crippen molar-refractivity contribution in [2.75, 3.05) is 0 Å². The Morgan fingerprint density at radius 3 is 2.18 bits per heavy atom. The van der Waals surface area contributed by atoms with Crippen LogP contribution in [0.1, 0.15) is 11.1 Å². The molecule has 0 aliphatic carbocycles. The highest BCUT2D eigenvalue weighted by Crippen LogP contribution is 2.33. The zero-order valence-corrected chi connectivity index (χ0v) is 15.6. The van der Waals surface area contributed by atoms with Gasteiger partial charge in [0.1, 0.15) is 0 Å². The summed E-state index contributed by atoms with van der Waals surface area (Å²) in [5, 5.41) is 26.7. The Morgan fingerprint density at radius 1 is 1.00 bits per heavy atom. The lowest BCUT2D eigenvalue weighted by Crippen LogP contribution is -2.22. The molecule has 9 nitrogen and oxygen atoms in total. The van der Waals surface area contributed by atoms with Crippen molar-refractivity contribution in [3.05, 3.63) is 84.8 Å². The lowest BCUT2D eigenvalue weighted by molar-refractivity contribution is -0.385. The van der Waals surface area contributed by atoms with E-state index in [9.17, 15) is 25.0 Å². The Hall–Kier alpha value is -3.44. The van der Waals surface area contributed by atoms with Gasteiger partial charge in [-0.25, -0.2) is 0 Å². The van der Waals surface area contributed by atoms with Crippen molar-refractivity contribution in [2.45, 2.75) is 0 Å². The lowest BCUT2D eigenvalue weighted by Gasteiger charge is -2.06. The number of thiocarbonyl (C=S) groups is 1. The summed E-state index contributed by atoms with van der Waals surface area (Å²) >= 11 is 6.17. The zero-order chi connectivity index (χ0) is 20.3. The van der Waals surface area contributed by atoms with Gasteiger partial charge in [0.15, 0.2) is 4.32 Å². The van der Waals surface area contributed by atoms with Crippen molar-refractivity contribution in [1.82, 2.24) is 5.01 Å². The highest BCUT2D eigenvalue weighted by molar-refractivity contribution is 8.26. The maximum Gasteiger partial charge on any atom is 0.286 e. The van der Waals surface area contributed by atoms with Crippen molar-refractivity contribution in [3.63, 3.8) is 0 Å². The number of nitro benzene ring substituents is 2. The first kappa shape index (κ1) is 19.3. The molecule has 11 heteroatoms. The van der Waals surface area contributed by atoms with Crippen LogP contribution in [0.4, 0.5) is 11.4 Å². The smallest absolute Gasteiger partial charge is 0.266 e. The number of thioether (sulfide) groups is 1. The highest BCUT2D eigenvalue weighted by atomic mass is 32.2. The van der Waals surface area contributed by atoms with E-state index in [0.717, 1.165) is 16.8 Å². The maximum absolute atomic E-state index is 12.5. The fourth-order valence-electron chi connectivity index (χ4n) is 2.28. The molecule has 0 atom stereocenters. The Balaban J connectivity index is 1.82. The third kappa shape index (κ3) is 4.27. The SMILES string of the molecule is O=C1/C(=C/c2cccc([N+](=O)[O-])c2)SC(=S)N1/N=C\c1cccc([N+](=O)[O-])c1. The number of rotatable bonds is 5. The second-order valence-electron chi connectivity index (χ2n) is 5.44. The number of amides is 1. The van der Waals surface area contributed by atoms with Crippen LogP contribution in [-0.2, 0) is 4.79 Å². The minimum absolute atomic E-state index is 0.0899. The van der Waals surface area contributed by atoms with Gasteiger partial charge in [0.25, 0.3) is 17.3 Å². The van der Waals surface area contributed by atoms with Gasteiger partial charge in [0.05, 0.1) is 21.0 Å². The van der Waals surface area contributed by atoms with Crippen LogP contribution in [0.25, 0.3) is 6.08 Å². The van der Waals surface area contributed by atoms with Crippen molar-refractivity contribution in [3.8, 4) is 0 Å². The summed E-state index contributed by atoms with van der Waals surface area (Å²) in [4.78, 5) is 33.4. The third-order valence-corrected chi connectivity index (χ3v) is 4.84. The van der Waals surface area contributed by atoms with Crippen LogP contribution in [0, 0.1) is 20.2 Å². The Labute approximate surface area is 167 Å². The van der Waals surface area contributed by atoms with Crippen molar-refractivity contribution < 1.29 is 14.6 Å². The molecule has 0 radical (unpaired) electrons. The molecule has 0 saturated carbocycles. The summed E-state index contributed by atoms with van der Waals surface area (Å²) in [6.07, 6.45) is 2.79. The fraction of sp³-hybridized carbons (Fsp3) is 0. The number of hydrogen-bond donors (Lipinski definition) is 0. The van der Waals surface area contributed by atoms with Gasteiger partial charge in [-0.1, -0.05) is 36.0 Å². The summed E-state index contributed by atoms with van der Waals surface area (Å²) in [5.74, 6) is -0.483. The number of nitrogens with zero attached hydrogens (tertiary/aromatic N) is 4. The summed E-state index contributed by atoms with van der Waals surface area (Å²) in [6.45, 7) is 0. The Bertz CT molecular complexity index is 1070. The summed E-state index contributed by atoms with van der Waals surface area (Å²) in [5.41, 5.74) is 0.733. The number of carbonyl (C=O) groups is 1. The van der Waals surface area contributed by atoms with Gasteiger partial charge in [-0.3, -0.25) is 25.0 Å². The van der Waals surface area contributed by atoms with Crippen LogP contribution >= 0.6 is 24.0 Å². The van der Waals surface area contributed by atoms with Crippen LogP contribution in [0.15, 0.2) is 58.5 Å². The van der Waals surface area contributed by atoms with Gasteiger partial charge in [0, 0.05) is 29.8 Å². The second kappa shape index (κ2) is 8.06. The van der Waals surface area contributed by atoms with Gasteiger partial charge in [-0.05, 0) is 23.9 Å². The second-order valence-corrected chi connectivity index (χ2v) is 7.12. The molecule has 1 aliphatic rings. The van der Waals surface area contributed by atoms with Gasteiger partial charge in [-0.15, -0.1) is 0 Å².